The highest BCUT2D eigenvalue weighted by atomic mass is 35.5. The van der Waals surface area contributed by atoms with Gasteiger partial charge in [-0.2, -0.15) is 18.4 Å². The highest BCUT2D eigenvalue weighted by Gasteiger charge is 2.35. The summed E-state index contributed by atoms with van der Waals surface area (Å²) >= 11 is 6.20. The fraction of sp³-hybridized carbons (Fsp3) is 0.345. The minimum atomic E-state index is -4.41. The molecule has 2 atom stereocenters. The fourth-order valence-electron chi connectivity index (χ4n) is 5.18. The van der Waals surface area contributed by atoms with Gasteiger partial charge in [0.1, 0.15) is 11.9 Å². The Labute approximate surface area is 214 Å². The summed E-state index contributed by atoms with van der Waals surface area (Å²) in [6.45, 7) is 1.97. The van der Waals surface area contributed by atoms with Crippen LogP contribution in [0.3, 0.4) is 0 Å². The van der Waals surface area contributed by atoms with Crippen molar-refractivity contribution in [1.29, 1.82) is 5.26 Å². The summed E-state index contributed by atoms with van der Waals surface area (Å²) in [6, 6.07) is 19.8. The first kappa shape index (κ1) is 26.2. The topological polar surface area (TPSA) is 27.0 Å². The molecule has 1 unspecified atom stereocenters. The lowest BCUT2D eigenvalue weighted by Crippen LogP contribution is -2.25. The molecule has 0 aromatic heterocycles. The molecule has 0 spiro atoms. The molecule has 0 N–H and O–H groups in total. The van der Waals surface area contributed by atoms with E-state index >= 15 is 0 Å². The van der Waals surface area contributed by atoms with Crippen LogP contribution in [0.4, 0.5) is 17.6 Å². The van der Waals surface area contributed by atoms with Crippen molar-refractivity contribution in [2.75, 3.05) is 13.1 Å². The molecule has 4 rings (SSSR count). The average Bonchev–Trinajstić information content (AvgIpc) is 3.31. The third kappa shape index (κ3) is 6.46. The van der Waals surface area contributed by atoms with Gasteiger partial charge in [0.15, 0.2) is 0 Å². The fourth-order valence-corrected chi connectivity index (χ4v) is 5.42. The summed E-state index contributed by atoms with van der Waals surface area (Å²) in [5, 5.41) is 9.50. The molecule has 1 heterocycles. The van der Waals surface area contributed by atoms with E-state index in [4.69, 9.17) is 16.9 Å². The molecule has 1 saturated heterocycles. The van der Waals surface area contributed by atoms with E-state index in [1.54, 1.807) is 36.4 Å². The second-order valence-electron chi connectivity index (χ2n) is 9.46. The Kier molecular flexibility index (Phi) is 8.33. The predicted octanol–water partition coefficient (Wildman–Crippen LogP) is 7.68. The number of rotatable bonds is 8. The Balaban J connectivity index is 1.53. The highest BCUT2D eigenvalue weighted by Crippen LogP contribution is 2.37. The van der Waals surface area contributed by atoms with Crippen LogP contribution in [-0.2, 0) is 25.6 Å². The molecule has 0 radical (unpaired) electrons. The molecular weight excluding hydrogens is 488 g/mol. The monoisotopic (exact) mass is 514 g/mol. The zero-order valence-corrected chi connectivity index (χ0v) is 20.5. The van der Waals surface area contributed by atoms with Crippen LogP contribution in [0.2, 0.25) is 5.02 Å². The Morgan fingerprint density at radius 2 is 1.75 bits per heavy atom. The van der Waals surface area contributed by atoms with Crippen LogP contribution >= 0.6 is 11.6 Å². The summed E-state index contributed by atoms with van der Waals surface area (Å²) in [5.41, 5.74) is 1.70. The minimum absolute atomic E-state index is 0.00791. The Morgan fingerprint density at radius 1 is 1.03 bits per heavy atom. The maximum atomic E-state index is 14.2. The number of nitrogens with zero attached hydrogens (tertiary/aromatic N) is 2. The average molecular weight is 515 g/mol. The Morgan fingerprint density at radius 3 is 2.44 bits per heavy atom. The number of likely N-dealkylation sites (tertiary alicyclic amines) is 1. The van der Waals surface area contributed by atoms with E-state index in [2.05, 4.69) is 4.90 Å². The standard InChI is InChI=1S/C29H27ClF4N2/c30-27-15-20(10-12-23(27)17-35)9-11-21(16-22-5-1-3-7-26(22)29(32,33)34)24-13-14-36(18-24)19-25-6-2-4-8-28(25)31/h1-8,10,12,15,21,24H,9,11,13-14,16,18-19H2/t21?,24-/m0/s1. The van der Waals surface area contributed by atoms with Crippen molar-refractivity contribution in [2.24, 2.45) is 11.8 Å². The number of nitriles is 1. The van der Waals surface area contributed by atoms with Crippen molar-refractivity contribution < 1.29 is 17.6 Å². The van der Waals surface area contributed by atoms with Crippen molar-refractivity contribution in [3.63, 3.8) is 0 Å². The molecule has 0 bridgehead atoms. The second-order valence-corrected chi connectivity index (χ2v) is 9.87. The third-order valence-electron chi connectivity index (χ3n) is 7.09. The van der Waals surface area contributed by atoms with Crippen LogP contribution in [0.15, 0.2) is 66.7 Å². The number of benzene rings is 3. The van der Waals surface area contributed by atoms with E-state index in [-0.39, 0.29) is 17.7 Å². The molecule has 0 amide bonds. The molecule has 188 valence electrons. The van der Waals surface area contributed by atoms with E-state index in [0.29, 0.717) is 54.1 Å². The summed E-state index contributed by atoms with van der Waals surface area (Å²) in [5.74, 6) is -0.0465. The van der Waals surface area contributed by atoms with E-state index in [0.717, 1.165) is 24.6 Å². The lowest BCUT2D eigenvalue weighted by molar-refractivity contribution is -0.138. The van der Waals surface area contributed by atoms with Crippen LogP contribution in [0.1, 0.15) is 40.7 Å². The number of aryl methyl sites for hydroxylation is 1. The summed E-state index contributed by atoms with van der Waals surface area (Å²) < 4.78 is 55.3. The molecule has 3 aromatic carbocycles. The van der Waals surface area contributed by atoms with Crippen molar-refractivity contribution in [3.05, 3.63) is 105 Å². The zero-order valence-electron chi connectivity index (χ0n) is 19.7. The summed E-state index contributed by atoms with van der Waals surface area (Å²) in [4.78, 5) is 2.18. The molecule has 1 aliphatic rings. The summed E-state index contributed by atoms with van der Waals surface area (Å²) in [7, 11) is 0. The maximum absolute atomic E-state index is 14.2. The molecule has 0 saturated carbocycles. The smallest absolute Gasteiger partial charge is 0.299 e. The Bertz CT molecular complexity index is 1230. The molecule has 7 heteroatoms. The van der Waals surface area contributed by atoms with Gasteiger partial charge >= 0.3 is 6.18 Å². The zero-order chi connectivity index (χ0) is 25.7. The van der Waals surface area contributed by atoms with Gasteiger partial charge in [0.25, 0.3) is 0 Å². The molecule has 36 heavy (non-hydrogen) atoms. The van der Waals surface area contributed by atoms with Crippen molar-refractivity contribution >= 4 is 11.6 Å². The van der Waals surface area contributed by atoms with Gasteiger partial charge in [-0.3, -0.25) is 4.90 Å². The Hall–Kier alpha value is -2.88. The maximum Gasteiger partial charge on any atom is 0.416 e. The number of hydrogen-bond donors (Lipinski definition) is 0. The third-order valence-corrected chi connectivity index (χ3v) is 7.40. The molecule has 3 aromatic rings. The van der Waals surface area contributed by atoms with Crippen molar-refractivity contribution in [1.82, 2.24) is 4.90 Å². The van der Waals surface area contributed by atoms with Gasteiger partial charge in [-0.1, -0.05) is 54.1 Å². The van der Waals surface area contributed by atoms with Gasteiger partial charge in [-0.25, -0.2) is 4.39 Å². The minimum Gasteiger partial charge on any atom is -0.299 e. The number of hydrogen-bond acceptors (Lipinski definition) is 2. The number of alkyl halides is 3. The highest BCUT2D eigenvalue weighted by molar-refractivity contribution is 6.31. The first-order chi connectivity index (χ1) is 17.2. The molecule has 0 aliphatic carbocycles. The van der Waals surface area contributed by atoms with Gasteiger partial charge in [-0.05, 0) is 79.5 Å². The van der Waals surface area contributed by atoms with Gasteiger partial charge in [-0.15, -0.1) is 0 Å². The van der Waals surface area contributed by atoms with Crippen LogP contribution < -0.4 is 0 Å². The molecule has 1 aliphatic heterocycles. The van der Waals surface area contributed by atoms with E-state index < -0.39 is 11.7 Å². The van der Waals surface area contributed by atoms with E-state index in [1.807, 2.05) is 18.2 Å². The van der Waals surface area contributed by atoms with Crippen LogP contribution in [0, 0.1) is 29.0 Å². The number of halogens is 5. The van der Waals surface area contributed by atoms with Gasteiger partial charge in [0.2, 0.25) is 0 Å². The largest absolute Gasteiger partial charge is 0.416 e. The van der Waals surface area contributed by atoms with E-state index in [1.165, 1.54) is 12.1 Å². The normalized spacial score (nSPS) is 17.2. The SMILES string of the molecule is N#Cc1ccc(CCC(Cc2ccccc2C(F)(F)F)[C@H]2CCN(Cc3ccccc3F)C2)cc1Cl. The van der Waals surface area contributed by atoms with Crippen LogP contribution in [-0.4, -0.2) is 18.0 Å². The van der Waals surface area contributed by atoms with Crippen LogP contribution in [0.5, 0.6) is 0 Å². The van der Waals surface area contributed by atoms with Crippen molar-refractivity contribution in [2.45, 2.75) is 38.4 Å². The lowest BCUT2D eigenvalue weighted by atomic mass is 9.81. The second kappa shape index (κ2) is 11.5. The first-order valence-electron chi connectivity index (χ1n) is 12.0. The summed E-state index contributed by atoms with van der Waals surface area (Å²) in [6.07, 6.45) is -1.91. The van der Waals surface area contributed by atoms with Gasteiger partial charge < -0.3 is 0 Å². The molecule has 1 fully saturated rings. The first-order valence-corrected chi connectivity index (χ1v) is 12.4. The van der Waals surface area contributed by atoms with Gasteiger partial charge in [0, 0.05) is 18.7 Å². The predicted molar refractivity (Wildman–Crippen MR) is 133 cm³/mol. The van der Waals surface area contributed by atoms with Crippen LogP contribution in [0.25, 0.3) is 0 Å². The van der Waals surface area contributed by atoms with E-state index in [9.17, 15) is 17.6 Å². The van der Waals surface area contributed by atoms with Crippen molar-refractivity contribution in [3.8, 4) is 6.07 Å². The quantitative estimate of drug-likeness (QED) is 0.288. The lowest BCUT2D eigenvalue weighted by Gasteiger charge is -2.26. The molecular formula is C29H27ClF4N2. The van der Waals surface area contributed by atoms with Gasteiger partial charge in [0.05, 0.1) is 16.1 Å². The molecule has 2 nitrogen and oxygen atoms in total.